The number of aliphatic hydroxyl groups excluding tert-OH is 1. The molecule has 1 aromatic heterocycles. The molecule has 2 rings (SSSR count). The van der Waals surface area contributed by atoms with Gasteiger partial charge in [-0.3, -0.25) is 4.98 Å². The van der Waals surface area contributed by atoms with Crippen molar-refractivity contribution in [3.8, 4) is 0 Å². The van der Waals surface area contributed by atoms with Gasteiger partial charge in [0.25, 0.3) is 0 Å². The Labute approximate surface area is 102 Å². The second kappa shape index (κ2) is 5.02. The number of aromatic nitrogens is 1. The zero-order valence-electron chi connectivity index (χ0n) is 10.6. The molecule has 17 heavy (non-hydrogen) atoms. The maximum absolute atomic E-state index is 9.41. The summed E-state index contributed by atoms with van der Waals surface area (Å²) in [6, 6.07) is 3.89. The Morgan fingerprint density at radius 3 is 2.47 bits per heavy atom. The minimum Gasteiger partial charge on any atom is -0.387 e. The lowest BCUT2D eigenvalue weighted by Gasteiger charge is -2.36. The first kappa shape index (κ1) is 12.3. The van der Waals surface area contributed by atoms with Crippen molar-refractivity contribution in [3.63, 3.8) is 0 Å². The van der Waals surface area contributed by atoms with Gasteiger partial charge in [0.1, 0.15) is 0 Å². The van der Waals surface area contributed by atoms with E-state index in [0.29, 0.717) is 5.69 Å². The molecule has 1 N–H and O–H groups in total. The van der Waals surface area contributed by atoms with Gasteiger partial charge in [-0.05, 0) is 32.9 Å². The van der Waals surface area contributed by atoms with Gasteiger partial charge in [0.2, 0.25) is 0 Å². The molecule has 1 fully saturated rings. The second-order valence-corrected chi connectivity index (χ2v) is 4.78. The molecule has 2 heterocycles. The summed E-state index contributed by atoms with van der Waals surface area (Å²) in [5, 5.41) is 9.41. The third-order valence-electron chi connectivity index (χ3n) is 2.98. The molecule has 3 atom stereocenters. The van der Waals surface area contributed by atoms with E-state index in [4.69, 9.17) is 4.74 Å². The molecule has 94 valence electrons. The Morgan fingerprint density at radius 1 is 1.35 bits per heavy atom. The lowest BCUT2D eigenvalue weighted by atomic mass is 10.2. The summed E-state index contributed by atoms with van der Waals surface area (Å²) in [5.41, 5.74) is 1.81. The standard InChI is InChI=1S/C13H20N2O2/c1-9-7-15(8-10(2)17-9)12-4-5-13(11(3)16)14-6-12/h4-6,9-11,16H,7-8H2,1-3H3/t9-,10+,11-/m1/s1. The third kappa shape index (κ3) is 2.96. The van der Waals surface area contributed by atoms with Crippen LogP contribution in [0.3, 0.4) is 0 Å². The summed E-state index contributed by atoms with van der Waals surface area (Å²) in [6.07, 6.45) is 1.81. The smallest absolute Gasteiger partial charge is 0.0931 e. The Kier molecular flexibility index (Phi) is 3.64. The highest BCUT2D eigenvalue weighted by Gasteiger charge is 2.22. The van der Waals surface area contributed by atoms with Crippen LogP contribution in [-0.2, 0) is 4.74 Å². The summed E-state index contributed by atoms with van der Waals surface area (Å²) in [6.45, 7) is 7.67. The summed E-state index contributed by atoms with van der Waals surface area (Å²) >= 11 is 0. The Bertz CT molecular complexity index is 354. The first-order chi connectivity index (χ1) is 8.06. The topological polar surface area (TPSA) is 45.6 Å². The van der Waals surface area contributed by atoms with Gasteiger partial charge in [0, 0.05) is 13.1 Å². The quantitative estimate of drug-likeness (QED) is 0.849. The predicted octanol–water partition coefficient (Wildman–Crippen LogP) is 1.75. The summed E-state index contributed by atoms with van der Waals surface area (Å²) < 4.78 is 5.70. The van der Waals surface area contributed by atoms with Crippen LogP contribution in [-0.4, -0.2) is 35.4 Å². The fraction of sp³-hybridized carbons (Fsp3) is 0.615. The largest absolute Gasteiger partial charge is 0.387 e. The van der Waals surface area contributed by atoms with Crippen molar-refractivity contribution in [1.82, 2.24) is 4.98 Å². The van der Waals surface area contributed by atoms with Crippen LogP contribution >= 0.6 is 0 Å². The number of ether oxygens (including phenoxy) is 1. The van der Waals surface area contributed by atoms with Crippen LogP contribution in [0, 0.1) is 0 Å². The van der Waals surface area contributed by atoms with Crippen LogP contribution in [0.1, 0.15) is 32.6 Å². The maximum Gasteiger partial charge on any atom is 0.0931 e. The third-order valence-corrected chi connectivity index (χ3v) is 2.98. The fourth-order valence-corrected chi connectivity index (χ4v) is 2.22. The van der Waals surface area contributed by atoms with Crippen molar-refractivity contribution in [1.29, 1.82) is 0 Å². The molecule has 0 saturated carbocycles. The van der Waals surface area contributed by atoms with Gasteiger partial charge in [-0.15, -0.1) is 0 Å². The summed E-state index contributed by atoms with van der Waals surface area (Å²) in [5.74, 6) is 0. The molecule has 1 aliphatic heterocycles. The molecule has 1 saturated heterocycles. The normalized spacial score (nSPS) is 26.9. The number of hydrogen-bond acceptors (Lipinski definition) is 4. The number of anilines is 1. The van der Waals surface area contributed by atoms with Crippen LogP contribution in [0.25, 0.3) is 0 Å². The minimum absolute atomic E-state index is 0.246. The minimum atomic E-state index is -0.508. The predicted molar refractivity (Wildman–Crippen MR) is 67.1 cm³/mol. The molecule has 0 spiro atoms. The zero-order chi connectivity index (χ0) is 12.4. The molecule has 0 unspecified atom stereocenters. The van der Waals surface area contributed by atoms with Gasteiger partial charge in [-0.25, -0.2) is 0 Å². The molecule has 0 aromatic carbocycles. The first-order valence-electron chi connectivity index (χ1n) is 6.10. The second-order valence-electron chi connectivity index (χ2n) is 4.78. The van der Waals surface area contributed by atoms with E-state index < -0.39 is 6.10 Å². The molecular formula is C13H20N2O2. The van der Waals surface area contributed by atoms with Crippen LogP contribution in [0.2, 0.25) is 0 Å². The molecular weight excluding hydrogens is 216 g/mol. The van der Waals surface area contributed by atoms with E-state index in [1.165, 1.54) is 0 Å². The molecule has 0 radical (unpaired) electrons. The van der Waals surface area contributed by atoms with Crippen molar-refractivity contribution in [2.45, 2.75) is 39.1 Å². The van der Waals surface area contributed by atoms with Gasteiger partial charge < -0.3 is 14.7 Å². The molecule has 4 heteroatoms. The van der Waals surface area contributed by atoms with E-state index in [-0.39, 0.29) is 12.2 Å². The van der Waals surface area contributed by atoms with Crippen molar-refractivity contribution in [3.05, 3.63) is 24.0 Å². The van der Waals surface area contributed by atoms with Gasteiger partial charge in [0.05, 0.1) is 35.9 Å². The van der Waals surface area contributed by atoms with E-state index in [1.807, 2.05) is 18.3 Å². The number of pyridine rings is 1. The fourth-order valence-electron chi connectivity index (χ4n) is 2.22. The van der Waals surface area contributed by atoms with E-state index in [2.05, 4.69) is 23.7 Å². The van der Waals surface area contributed by atoms with Crippen molar-refractivity contribution >= 4 is 5.69 Å². The highest BCUT2D eigenvalue weighted by molar-refractivity contribution is 5.45. The average molecular weight is 236 g/mol. The number of morpholine rings is 1. The van der Waals surface area contributed by atoms with Gasteiger partial charge in [-0.2, -0.15) is 0 Å². The van der Waals surface area contributed by atoms with Crippen molar-refractivity contribution in [2.24, 2.45) is 0 Å². The monoisotopic (exact) mass is 236 g/mol. The summed E-state index contributed by atoms with van der Waals surface area (Å²) in [4.78, 5) is 6.55. The average Bonchev–Trinajstić information content (AvgIpc) is 2.28. The van der Waals surface area contributed by atoms with E-state index in [9.17, 15) is 5.11 Å². The molecule has 0 bridgehead atoms. The van der Waals surface area contributed by atoms with Gasteiger partial charge in [-0.1, -0.05) is 0 Å². The Hall–Kier alpha value is -1.13. The highest BCUT2D eigenvalue weighted by atomic mass is 16.5. The van der Waals surface area contributed by atoms with Crippen molar-refractivity contribution < 1.29 is 9.84 Å². The molecule has 0 aliphatic carbocycles. The summed E-state index contributed by atoms with van der Waals surface area (Å²) in [7, 11) is 0. The Morgan fingerprint density at radius 2 is 2.00 bits per heavy atom. The van der Waals surface area contributed by atoms with Crippen LogP contribution in [0.5, 0.6) is 0 Å². The number of rotatable bonds is 2. The van der Waals surface area contributed by atoms with Gasteiger partial charge >= 0.3 is 0 Å². The first-order valence-corrected chi connectivity index (χ1v) is 6.10. The van der Waals surface area contributed by atoms with Crippen LogP contribution in [0.4, 0.5) is 5.69 Å². The highest BCUT2D eigenvalue weighted by Crippen LogP contribution is 2.20. The number of nitrogens with zero attached hydrogens (tertiary/aromatic N) is 2. The molecule has 0 amide bonds. The number of aliphatic hydroxyl groups is 1. The molecule has 1 aromatic rings. The Balaban J connectivity index is 2.11. The van der Waals surface area contributed by atoms with Crippen molar-refractivity contribution in [2.75, 3.05) is 18.0 Å². The molecule has 4 nitrogen and oxygen atoms in total. The van der Waals surface area contributed by atoms with E-state index in [1.54, 1.807) is 6.92 Å². The SMILES string of the molecule is C[C@@H]1CN(c2ccc([C@@H](C)O)nc2)C[C@H](C)O1. The maximum atomic E-state index is 9.41. The van der Waals surface area contributed by atoms with Crippen LogP contribution < -0.4 is 4.90 Å². The van der Waals surface area contributed by atoms with E-state index in [0.717, 1.165) is 18.8 Å². The van der Waals surface area contributed by atoms with Gasteiger partial charge in [0.15, 0.2) is 0 Å². The lowest BCUT2D eigenvalue weighted by molar-refractivity contribution is -0.00524. The molecule has 1 aliphatic rings. The van der Waals surface area contributed by atoms with E-state index >= 15 is 0 Å². The zero-order valence-corrected chi connectivity index (χ0v) is 10.6. The lowest BCUT2D eigenvalue weighted by Crippen LogP contribution is -2.45. The van der Waals surface area contributed by atoms with Crippen LogP contribution in [0.15, 0.2) is 18.3 Å². The number of hydrogen-bond donors (Lipinski definition) is 1.